The summed E-state index contributed by atoms with van der Waals surface area (Å²) in [5.74, 6) is 0. The molecule has 0 bridgehead atoms. The summed E-state index contributed by atoms with van der Waals surface area (Å²) < 4.78 is 4.42. The van der Waals surface area contributed by atoms with E-state index in [1.807, 2.05) is 0 Å². The van der Waals surface area contributed by atoms with Crippen molar-refractivity contribution in [1.29, 1.82) is 0 Å². The maximum Gasteiger partial charge on any atom is 0.200 e. The smallest absolute Gasteiger partial charge is 0.200 e. The Morgan fingerprint density at radius 2 is 1.29 bits per heavy atom. The zero-order valence-corrected chi connectivity index (χ0v) is 13.2. The van der Waals surface area contributed by atoms with Gasteiger partial charge >= 0.3 is 0 Å². The Bertz CT molecular complexity index is 523. The van der Waals surface area contributed by atoms with Crippen LogP contribution in [0.25, 0.3) is 0 Å². The second-order valence-corrected chi connectivity index (χ2v) is 5.41. The van der Waals surface area contributed by atoms with Gasteiger partial charge in [-0.3, -0.25) is 0 Å². The van der Waals surface area contributed by atoms with Crippen molar-refractivity contribution in [2.45, 2.75) is 45.8 Å². The first-order chi connectivity index (χ1) is 10.3. The van der Waals surface area contributed by atoms with Gasteiger partial charge in [0.15, 0.2) is 32.1 Å². The van der Waals surface area contributed by atoms with E-state index in [1.165, 1.54) is 11.1 Å². The lowest BCUT2D eigenvalue weighted by Crippen LogP contribution is -2.35. The summed E-state index contributed by atoms with van der Waals surface area (Å²) in [6, 6.07) is 8.92. The van der Waals surface area contributed by atoms with Crippen molar-refractivity contribution in [3.63, 3.8) is 0 Å². The molecule has 21 heavy (non-hydrogen) atoms. The number of rotatable bonds is 8. The number of aromatic nitrogens is 2. The third-order valence-corrected chi connectivity index (χ3v) is 3.64. The second kappa shape index (κ2) is 8.66. The molecule has 0 spiro atoms. The van der Waals surface area contributed by atoms with Crippen molar-refractivity contribution in [2.24, 2.45) is 0 Å². The van der Waals surface area contributed by atoms with Crippen LogP contribution < -0.4 is 9.13 Å². The minimum atomic E-state index is 0.980. The molecule has 0 saturated carbocycles. The fourth-order valence-corrected chi connectivity index (χ4v) is 2.33. The predicted octanol–water partition coefficient (Wildman–Crippen LogP) is 1.86. The Morgan fingerprint density at radius 3 is 1.71 bits per heavy atom. The topological polar surface area (TPSA) is 7.76 Å². The minimum Gasteiger partial charge on any atom is -0.214 e. The van der Waals surface area contributed by atoms with Crippen LogP contribution in [0.5, 0.6) is 0 Å². The van der Waals surface area contributed by atoms with E-state index in [2.05, 4.69) is 86.5 Å². The molecule has 2 radical (unpaired) electrons. The standard InChI is InChI=1S/C17H24B2N2/c1-3-19-15-21-12-8-17(9-13-21)5-4-16-6-10-20(11-7-16)14-18-2/h6-13H,3-5,14-15H2,1-2H3/q+2. The van der Waals surface area contributed by atoms with Crippen molar-refractivity contribution in [3.05, 3.63) is 60.2 Å². The second-order valence-electron chi connectivity index (χ2n) is 5.41. The van der Waals surface area contributed by atoms with Gasteiger partial charge in [-0.15, -0.1) is 0 Å². The van der Waals surface area contributed by atoms with Gasteiger partial charge in [0.1, 0.15) is 12.9 Å². The lowest BCUT2D eigenvalue weighted by molar-refractivity contribution is -0.679. The van der Waals surface area contributed by atoms with E-state index >= 15 is 0 Å². The molecule has 106 valence electrons. The molecule has 0 aromatic carbocycles. The van der Waals surface area contributed by atoms with Gasteiger partial charge in [0.25, 0.3) is 0 Å². The number of aryl methyl sites for hydroxylation is 2. The summed E-state index contributed by atoms with van der Waals surface area (Å²) in [4.78, 5) is 0. The number of pyridine rings is 2. The van der Waals surface area contributed by atoms with E-state index in [4.69, 9.17) is 0 Å². The molecule has 2 heterocycles. The highest BCUT2D eigenvalue weighted by Crippen LogP contribution is 2.04. The summed E-state index contributed by atoms with van der Waals surface area (Å²) >= 11 is 0. The van der Waals surface area contributed by atoms with E-state index in [0.29, 0.717) is 0 Å². The minimum absolute atomic E-state index is 0.980. The summed E-state index contributed by atoms with van der Waals surface area (Å²) in [7, 11) is 4.45. The summed E-state index contributed by atoms with van der Waals surface area (Å²) in [6.07, 6.45) is 14.0. The molecule has 0 unspecified atom stereocenters. The van der Waals surface area contributed by atoms with Gasteiger partial charge in [-0.25, -0.2) is 9.13 Å². The maximum atomic E-state index is 2.28. The van der Waals surface area contributed by atoms with Gasteiger partial charge < -0.3 is 0 Å². The maximum absolute atomic E-state index is 2.28. The molecule has 4 heteroatoms. The third-order valence-electron chi connectivity index (χ3n) is 3.64. The Balaban J connectivity index is 1.84. The van der Waals surface area contributed by atoms with Crippen molar-refractivity contribution >= 4 is 14.6 Å². The molecule has 2 aromatic rings. The van der Waals surface area contributed by atoms with Gasteiger partial charge in [-0.05, 0) is 24.0 Å². The summed E-state index contributed by atoms with van der Waals surface area (Å²) in [6.45, 7) is 4.26. The van der Waals surface area contributed by atoms with Crippen molar-refractivity contribution in [1.82, 2.24) is 0 Å². The van der Waals surface area contributed by atoms with Crippen molar-refractivity contribution < 1.29 is 9.13 Å². The highest BCUT2D eigenvalue weighted by molar-refractivity contribution is 6.32. The molecular weight excluding hydrogens is 254 g/mol. The zero-order chi connectivity index (χ0) is 14.9. The van der Waals surface area contributed by atoms with Crippen LogP contribution in [0.2, 0.25) is 13.1 Å². The van der Waals surface area contributed by atoms with Crippen molar-refractivity contribution in [3.8, 4) is 0 Å². The highest BCUT2D eigenvalue weighted by atomic mass is 14.9. The molecule has 0 saturated heterocycles. The van der Waals surface area contributed by atoms with Crippen LogP contribution in [0.3, 0.4) is 0 Å². The first-order valence-corrected chi connectivity index (χ1v) is 7.87. The monoisotopic (exact) mass is 278 g/mol. The molecule has 0 aliphatic rings. The van der Waals surface area contributed by atoms with E-state index in [-0.39, 0.29) is 0 Å². The first-order valence-electron chi connectivity index (χ1n) is 7.87. The van der Waals surface area contributed by atoms with Gasteiger partial charge in [0.2, 0.25) is 7.28 Å². The fourth-order valence-electron chi connectivity index (χ4n) is 2.33. The molecule has 0 amide bonds. The Kier molecular flexibility index (Phi) is 6.52. The molecule has 2 rings (SSSR count). The van der Waals surface area contributed by atoms with E-state index < -0.39 is 0 Å². The van der Waals surface area contributed by atoms with E-state index in [0.717, 1.165) is 32.1 Å². The van der Waals surface area contributed by atoms with Gasteiger partial charge in [0.05, 0.1) is 0 Å². The van der Waals surface area contributed by atoms with Crippen molar-refractivity contribution in [2.75, 3.05) is 0 Å². The SMILES string of the molecule is C[B]C[n+]1ccc(CCc2cc[n+](C[B]CC)cc2)cc1. The molecular formula is C17H24B2N2+2. The zero-order valence-electron chi connectivity index (χ0n) is 13.2. The van der Waals surface area contributed by atoms with Gasteiger partial charge in [-0.2, -0.15) is 0 Å². The Labute approximate surface area is 130 Å². The van der Waals surface area contributed by atoms with Crippen LogP contribution >= 0.6 is 0 Å². The van der Waals surface area contributed by atoms with Crippen LogP contribution in [0.4, 0.5) is 0 Å². The highest BCUT2D eigenvalue weighted by Gasteiger charge is 2.03. The van der Waals surface area contributed by atoms with Crippen LogP contribution in [-0.4, -0.2) is 14.6 Å². The molecule has 0 aliphatic heterocycles. The lowest BCUT2D eigenvalue weighted by Gasteiger charge is -2.02. The van der Waals surface area contributed by atoms with Gasteiger partial charge in [0, 0.05) is 24.3 Å². The third kappa shape index (κ3) is 5.37. The quantitative estimate of drug-likeness (QED) is 0.514. The molecule has 0 N–H and O–H groups in total. The molecule has 0 fully saturated rings. The average Bonchev–Trinajstić information content (AvgIpc) is 2.53. The largest absolute Gasteiger partial charge is 0.214 e. The molecule has 2 aromatic heterocycles. The molecule has 0 aliphatic carbocycles. The van der Waals surface area contributed by atoms with E-state index in [1.54, 1.807) is 0 Å². The molecule has 2 nitrogen and oxygen atoms in total. The van der Waals surface area contributed by atoms with Crippen LogP contribution in [-0.2, 0) is 25.7 Å². The predicted molar refractivity (Wildman–Crippen MR) is 88.5 cm³/mol. The number of hydrogen-bond donors (Lipinski definition) is 0. The van der Waals surface area contributed by atoms with Crippen LogP contribution in [0, 0.1) is 0 Å². The lowest BCUT2D eigenvalue weighted by atomic mass is 9.75. The molecule has 0 atom stereocenters. The Morgan fingerprint density at radius 1 is 0.810 bits per heavy atom. The average molecular weight is 278 g/mol. The Hall–Kier alpha value is -1.57. The van der Waals surface area contributed by atoms with Crippen LogP contribution in [0.1, 0.15) is 18.1 Å². The van der Waals surface area contributed by atoms with E-state index in [9.17, 15) is 0 Å². The number of hydrogen-bond acceptors (Lipinski definition) is 0. The number of nitrogens with zero attached hydrogens (tertiary/aromatic N) is 2. The normalized spacial score (nSPS) is 10.4. The summed E-state index contributed by atoms with van der Waals surface area (Å²) in [5, 5.41) is 0. The summed E-state index contributed by atoms with van der Waals surface area (Å²) in [5.41, 5.74) is 2.81. The van der Waals surface area contributed by atoms with Crippen LogP contribution in [0.15, 0.2) is 49.1 Å². The van der Waals surface area contributed by atoms with Gasteiger partial charge in [-0.1, -0.05) is 20.1 Å². The first kappa shape index (κ1) is 15.8. The fraction of sp³-hybridized carbons (Fsp3) is 0.412.